The summed E-state index contributed by atoms with van der Waals surface area (Å²) in [6, 6.07) is 8.66. The molecule has 1 unspecified atom stereocenters. The Labute approximate surface area is 118 Å². The number of nitrogens with zero attached hydrogens (tertiary/aromatic N) is 3. The number of hydrogen-bond donors (Lipinski definition) is 1. The molecule has 2 N–H and O–H groups in total. The second-order valence-corrected chi connectivity index (χ2v) is 5.69. The lowest BCUT2D eigenvalue weighted by Crippen LogP contribution is -2.14. The quantitative estimate of drug-likeness (QED) is 0.927. The van der Waals surface area contributed by atoms with Gasteiger partial charge in [-0.2, -0.15) is 0 Å². The monoisotopic (exact) mass is 272 g/mol. The van der Waals surface area contributed by atoms with Gasteiger partial charge in [0.15, 0.2) is 0 Å². The first-order chi connectivity index (χ1) is 9.65. The standard InChI is InChI=1S/C15H20N4O/c1-10(2)9-12(16)14-17-18-15(20-14)19-8-7-11-5-3-4-6-13(11)19/h3-6,10,12H,7-9,16H2,1-2H3. The summed E-state index contributed by atoms with van der Waals surface area (Å²) in [5.41, 5.74) is 8.56. The molecule has 0 aliphatic carbocycles. The van der Waals surface area contributed by atoms with Crippen molar-refractivity contribution >= 4 is 11.7 Å². The summed E-state index contributed by atoms with van der Waals surface area (Å²) in [7, 11) is 0. The summed E-state index contributed by atoms with van der Waals surface area (Å²) >= 11 is 0. The van der Waals surface area contributed by atoms with Gasteiger partial charge in [-0.1, -0.05) is 37.1 Å². The lowest BCUT2D eigenvalue weighted by Gasteiger charge is -2.13. The third-order valence-electron chi connectivity index (χ3n) is 3.59. The molecule has 106 valence electrons. The fourth-order valence-corrected chi connectivity index (χ4v) is 2.63. The fraction of sp³-hybridized carbons (Fsp3) is 0.467. The molecular formula is C15H20N4O. The van der Waals surface area contributed by atoms with Crippen molar-refractivity contribution in [1.82, 2.24) is 10.2 Å². The maximum absolute atomic E-state index is 6.09. The largest absolute Gasteiger partial charge is 0.406 e. The van der Waals surface area contributed by atoms with E-state index in [4.69, 9.17) is 10.2 Å². The van der Waals surface area contributed by atoms with Crippen molar-refractivity contribution in [3.63, 3.8) is 0 Å². The summed E-state index contributed by atoms with van der Waals surface area (Å²) in [6.07, 6.45) is 1.85. The van der Waals surface area contributed by atoms with Crippen LogP contribution in [-0.4, -0.2) is 16.7 Å². The molecule has 2 aromatic rings. The number of anilines is 2. The molecule has 2 heterocycles. The Balaban J connectivity index is 1.81. The fourth-order valence-electron chi connectivity index (χ4n) is 2.63. The number of fused-ring (bicyclic) bond motifs is 1. The number of benzene rings is 1. The normalized spacial score (nSPS) is 15.7. The first-order valence-electron chi connectivity index (χ1n) is 7.09. The van der Waals surface area contributed by atoms with Gasteiger partial charge in [-0.3, -0.25) is 4.90 Å². The first-order valence-corrected chi connectivity index (χ1v) is 7.09. The van der Waals surface area contributed by atoms with Crippen molar-refractivity contribution in [1.29, 1.82) is 0 Å². The molecule has 0 spiro atoms. The van der Waals surface area contributed by atoms with Gasteiger partial charge in [0.25, 0.3) is 0 Å². The van der Waals surface area contributed by atoms with Crippen LogP contribution in [0.2, 0.25) is 0 Å². The van der Waals surface area contributed by atoms with E-state index in [1.54, 1.807) is 0 Å². The van der Waals surface area contributed by atoms with Crippen LogP contribution in [0, 0.1) is 5.92 Å². The molecule has 5 nitrogen and oxygen atoms in total. The van der Waals surface area contributed by atoms with Crippen molar-refractivity contribution in [3.05, 3.63) is 35.7 Å². The average molecular weight is 272 g/mol. The van der Waals surface area contributed by atoms with Crippen molar-refractivity contribution in [3.8, 4) is 0 Å². The lowest BCUT2D eigenvalue weighted by molar-refractivity contribution is 0.405. The van der Waals surface area contributed by atoms with Gasteiger partial charge in [-0.05, 0) is 30.4 Å². The van der Waals surface area contributed by atoms with E-state index in [9.17, 15) is 0 Å². The highest BCUT2D eigenvalue weighted by atomic mass is 16.4. The van der Waals surface area contributed by atoms with Gasteiger partial charge in [0.2, 0.25) is 5.89 Å². The van der Waals surface area contributed by atoms with Crippen LogP contribution in [0.3, 0.4) is 0 Å². The SMILES string of the molecule is CC(C)CC(N)c1nnc(N2CCc3ccccc32)o1. The van der Waals surface area contributed by atoms with Gasteiger partial charge in [0.05, 0.1) is 6.04 Å². The predicted molar refractivity (Wildman–Crippen MR) is 77.8 cm³/mol. The van der Waals surface area contributed by atoms with Crippen LogP contribution in [-0.2, 0) is 6.42 Å². The van der Waals surface area contributed by atoms with Crippen LogP contribution in [0.1, 0.15) is 37.8 Å². The third kappa shape index (κ3) is 2.41. The zero-order chi connectivity index (χ0) is 14.1. The molecule has 20 heavy (non-hydrogen) atoms. The molecule has 1 aliphatic rings. The highest BCUT2D eigenvalue weighted by molar-refractivity contribution is 5.64. The summed E-state index contributed by atoms with van der Waals surface area (Å²) in [5, 5.41) is 8.26. The van der Waals surface area contributed by atoms with Crippen molar-refractivity contribution in [2.45, 2.75) is 32.7 Å². The molecule has 0 amide bonds. The smallest absolute Gasteiger partial charge is 0.322 e. The third-order valence-corrected chi connectivity index (χ3v) is 3.59. The number of nitrogens with two attached hydrogens (primary N) is 1. The Bertz CT molecular complexity index is 593. The van der Waals surface area contributed by atoms with E-state index in [0.29, 0.717) is 17.8 Å². The van der Waals surface area contributed by atoms with Crippen LogP contribution >= 0.6 is 0 Å². The minimum atomic E-state index is -0.186. The zero-order valence-electron chi connectivity index (χ0n) is 11.9. The first kappa shape index (κ1) is 13.1. The molecule has 1 aromatic carbocycles. The van der Waals surface area contributed by atoms with Gasteiger partial charge >= 0.3 is 6.01 Å². The van der Waals surface area contributed by atoms with E-state index in [1.165, 1.54) is 5.56 Å². The number of aromatic nitrogens is 2. The number of para-hydroxylation sites is 1. The van der Waals surface area contributed by atoms with Crippen LogP contribution in [0.25, 0.3) is 0 Å². The molecular weight excluding hydrogens is 252 g/mol. The summed E-state index contributed by atoms with van der Waals surface area (Å²) < 4.78 is 5.77. The van der Waals surface area contributed by atoms with Crippen molar-refractivity contribution in [2.75, 3.05) is 11.4 Å². The number of rotatable bonds is 4. The van der Waals surface area contributed by atoms with E-state index in [0.717, 1.165) is 25.1 Å². The molecule has 0 radical (unpaired) electrons. The molecule has 1 aliphatic heterocycles. The van der Waals surface area contributed by atoms with Crippen LogP contribution in [0.4, 0.5) is 11.7 Å². The van der Waals surface area contributed by atoms with Crippen LogP contribution < -0.4 is 10.6 Å². The van der Waals surface area contributed by atoms with E-state index in [1.807, 2.05) is 6.07 Å². The minimum absolute atomic E-state index is 0.186. The van der Waals surface area contributed by atoms with Gasteiger partial charge in [-0.25, -0.2) is 0 Å². The van der Waals surface area contributed by atoms with Crippen molar-refractivity contribution < 1.29 is 4.42 Å². The molecule has 0 bridgehead atoms. The molecule has 3 rings (SSSR count). The minimum Gasteiger partial charge on any atom is -0.406 e. The zero-order valence-corrected chi connectivity index (χ0v) is 11.9. The molecule has 1 aromatic heterocycles. The van der Waals surface area contributed by atoms with Gasteiger partial charge in [-0.15, -0.1) is 5.10 Å². The van der Waals surface area contributed by atoms with Gasteiger partial charge in [0.1, 0.15) is 0 Å². The highest BCUT2D eigenvalue weighted by Gasteiger charge is 2.25. The van der Waals surface area contributed by atoms with E-state index >= 15 is 0 Å². The maximum Gasteiger partial charge on any atom is 0.322 e. The number of hydrogen-bond acceptors (Lipinski definition) is 5. The molecule has 0 saturated heterocycles. The summed E-state index contributed by atoms with van der Waals surface area (Å²) in [4.78, 5) is 2.06. The highest BCUT2D eigenvalue weighted by Crippen LogP contribution is 2.34. The average Bonchev–Trinajstić information content (AvgIpc) is 3.04. The van der Waals surface area contributed by atoms with E-state index in [-0.39, 0.29) is 6.04 Å². The Morgan fingerprint density at radius 3 is 2.90 bits per heavy atom. The summed E-state index contributed by atoms with van der Waals surface area (Å²) in [5.74, 6) is 1.03. The Kier molecular flexibility index (Phi) is 3.44. The molecule has 0 fully saturated rings. The molecule has 1 atom stereocenters. The van der Waals surface area contributed by atoms with Crippen LogP contribution in [0.5, 0.6) is 0 Å². The molecule has 5 heteroatoms. The second-order valence-electron chi connectivity index (χ2n) is 5.69. The second kappa shape index (κ2) is 5.25. The summed E-state index contributed by atoms with van der Waals surface area (Å²) in [6.45, 7) is 5.14. The predicted octanol–water partition coefficient (Wildman–Crippen LogP) is 2.81. The van der Waals surface area contributed by atoms with Crippen molar-refractivity contribution in [2.24, 2.45) is 11.7 Å². The maximum atomic E-state index is 6.09. The van der Waals surface area contributed by atoms with E-state index in [2.05, 4.69) is 47.1 Å². The Morgan fingerprint density at radius 2 is 2.10 bits per heavy atom. The lowest BCUT2D eigenvalue weighted by atomic mass is 10.1. The van der Waals surface area contributed by atoms with Gasteiger partial charge < -0.3 is 10.2 Å². The Hall–Kier alpha value is -1.88. The van der Waals surface area contributed by atoms with Gasteiger partial charge in [0, 0.05) is 12.2 Å². The topological polar surface area (TPSA) is 68.2 Å². The molecule has 0 saturated carbocycles. The Morgan fingerprint density at radius 1 is 1.30 bits per heavy atom. The van der Waals surface area contributed by atoms with E-state index < -0.39 is 0 Å². The van der Waals surface area contributed by atoms with Crippen LogP contribution in [0.15, 0.2) is 28.7 Å².